The summed E-state index contributed by atoms with van der Waals surface area (Å²) in [6.45, 7) is 0. The van der Waals surface area contributed by atoms with Crippen LogP contribution in [0.2, 0.25) is 0 Å². The molecule has 0 radical (unpaired) electrons. The number of aromatic hydroxyl groups is 1. The standard InChI is InChI=1S/C14H9N3O/c15-8-9-1-3-10(4-2-9)14-16-12-6-5-11(18)7-13(12)17-14/h1-7,18H,(H,16,17). The van der Waals surface area contributed by atoms with Gasteiger partial charge in [0.1, 0.15) is 11.6 Å². The number of nitriles is 1. The van der Waals surface area contributed by atoms with Crippen LogP contribution in [0.25, 0.3) is 22.4 Å². The first-order valence-electron chi connectivity index (χ1n) is 5.45. The van der Waals surface area contributed by atoms with Crippen LogP contribution < -0.4 is 0 Å². The maximum atomic E-state index is 9.39. The molecule has 3 rings (SSSR count). The van der Waals surface area contributed by atoms with Gasteiger partial charge in [-0.05, 0) is 36.4 Å². The van der Waals surface area contributed by atoms with Crippen molar-refractivity contribution in [1.82, 2.24) is 9.97 Å². The molecule has 4 nitrogen and oxygen atoms in total. The highest BCUT2D eigenvalue weighted by atomic mass is 16.3. The molecule has 0 unspecified atom stereocenters. The predicted octanol–water partition coefficient (Wildman–Crippen LogP) is 2.81. The van der Waals surface area contributed by atoms with E-state index in [-0.39, 0.29) is 5.75 Å². The summed E-state index contributed by atoms with van der Waals surface area (Å²) < 4.78 is 0. The minimum absolute atomic E-state index is 0.206. The van der Waals surface area contributed by atoms with Gasteiger partial charge in [-0.3, -0.25) is 0 Å². The lowest BCUT2D eigenvalue weighted by Crippen LogP contribution is -1.80. The molecule has 4 heteroatoms. The van der Waals surface area contributed by atoms with Gasteiger partial charge in [0.05, 0.1) is 22.7 Å². The van der Waals surface area contributed by atoms with Crippen LogP contribution in [-0.4, -0.2) is 15.1 Å². The Bertz CT molecular complexity index is 751. The van der Waals surface area contributed by atoms with Crippen LogP contribution >= 0.6 is 0 Å². The zero-order valence-corrected chi connectivity index (χ0v) is 9.38. The fourth-order valence-electron chi connectivity index (χ4n) is 1.84. The minimum atomic E-state index is 0.206. The van der Waals surface area contributed by atoms with Crippen LogP contribution in [0.3, 0.4) is 0 Å². The Kier molecular flexibility index (Phi) is 2.24. The summed E-state index contributed by atoms with van der Waals surface area (Å²) in [6.07, 6.45) is 0. The molecule has 0 aliphatic rings. The Morgan fingerprint density at radius 3 is 2.61 bits per heavy atom. The van der Waals surface area contributed by atoms with Gasteiger partial charge in [-0.25, -0.2) is 4.98 Å². The molecule has 3 aromatic rings. The van der Waals surface area contributed by atoms with E-state index in [1.807, 2.05) is 12.1 Å². The molecule has 0 saturated carbocycles. The van der Waals surface area contributed by atoms with Crippen LogP contribution in [0.4, 0.5) is 0 Å². The maximum Gasteiger partial charge on any atom is 0.138 e. The van der Waals surface area contributed by atoms with Crippen LogP contribution in [-0.2, 0) is 0 Å². The summed E-state index contributed by atoms with van der Waals surface area (Å²) in [6, 6.07) is 14.3. The van der Waals surface area contributed by atoms with E-state index in [1.165, 1.54) is 0 Å². The molecule has 0 spiro atoms. The summed E-state index contributed by atoms with van der Waals surface area (Å²) in [4.78, 5) is 7.57. The van der Waals surface area contributed by atoms with E-state index in [1.54, 1.807) is 30.3 Å². The van der Waals surface area contributed by atoms with Gasteiger partial charge in [-0.1, -0.05) is 0 Å². The topological polar surface area (TPSA) is 72.7 Å². The second-order valence-corrected chi connectivity index (χ2v) is 3.98. The number of phenols is 1. The summed E-state index contributed by atoms with van der Waals surface area (Å²) in [7, 11) is 0. The molecule has 0 bridgehead atoms. The lowest BCUT2D eigenvalue weighted by molar-refractivity contribution is 0.476. The van der Waals surface area contributed by atoms with Crippen molar-refractivity contribution in [2.75, 3.05) is 0 Å². The van der Waals surface area contributed by atoms with Crippen molar-refractivity contribution in [1.29, 1.82) is 5.26 Å². The third kappa shape index (κ3) is 1.68. The van der Waals surface area contributed by atoms with Gasteiger partial charge in [-0.15, -0.1) is 0 Å². The number of hydrogen-bond donors (Lipinski definition) is 2. The Morgan fingerprint density at radius 1 is 1.11 bits per heavy atom. The number of phenolic OH excluding ortho intramolecular Hbond substituents is 1. The van der Waals surface area contributed by atoms with E-state index in [4.69, 9.17) is 5.26 Å². The third-order valence-electron chi connectivity index (χ3n) is 2.75. The SMILES string of the molecule is N#Cc1ccc(-c2nc3ccc(O)cc3[nH]2)cc1. The van der Waals surface area contributed by atoms with E-state index in [9.17, 15) is 5.11 Å². The number of hydrogen-bond acceptors (Lipinski definition) is 3. The highest BCUT2D eigenvalue weighted by molar-refractivity contribution is 5.80. The molecule has 0 saturated heterocycles. The third-order valence-corrected chi connectivity index (χ3v) is 2.75. The lowest BCUT2D eigenvalue weighted by Gasteiger charge is -1.95. The first kappa shape index (κ1) is 10.4. The molecule has 0 atom stereocenters. The summed E-state index contributed by atoms with van der Waals surface area (Å²) in [5, 5.41) is 18.1. The Morgan fingerprint density at radius 2 is 1.89 bits per heavy atom. The number of nitrogens with zero attached hydrogens (tertiary/aromatic N) is 2. The fourth-order valence-corrected chi connectivity index (χ4v) is 1.84. The van der Waals surface area contributed by atoms with Gasteiger partial charge < -0.3 is 10.1 Å². The van der Waals surface area contributed by atoms with Crippen molar-refractivity contribution in [3.8, 4) is 23.2 Å². The average molecular weight is 235 g/mol. The van der Waals surface area contributed by atoms with Crippen molar-refractivity contribution in [3.05, 3.63) is 48.0 Å². The molecule has 0 fully saturated rings. The van der Waals surface area contributed by atoms with E-state index < -0.39 is 0 Å². The van der Waals surface area contributed by atoms with Gasteiger partial charge in [0.15, 0.2) is 0 Å². The molecule has 18 heavy (non-hydrogen) atoms. The molecule has 0 aliphatic carbocycles. The summed E-state index contributed by atoms with van der Waals surface area (Å²) >= 11 is 0. The van der Waals surface area contributed by atoms with Crippen LogP contribution in [0.1, 0.15) is 5.56 Å². The monoisotopic (exact) mass is 235 g/mol. The number of aromatic nitrogens is 2. The average Bonchev–Trinajstić information content (AvgIpc) is 2.81. The fraction of sp³-hybridized carbons (Fsp3) is 0. The zero-order chi connectivity index (χ0) is 12.5. The molecule has 1 aromatic heterocycles. The van der Waals surface area contributed by atoms with Crippen LogP contribution in [0.5, 0.6) is 5.75 Å². The normalized spacial score (nSPS) is 10.4. The second kappa shape index (κ2) is 3.90. The molecular weight excluding hydrogens is 226 g/mol. The minimum Gasteiger partial charge on any atom is -0.508 e. The number of nitrogens with one attached hydrogen (secondary N) is 1. The number of benzene rings is 2. The summed E-state index contributed by atoms with van der Waals surface area (Å²) in [5.74, 6) is 0.928. The van der Waals surface area contributed by atoms with Crippen LogP contribution in [0.15, 0.2) is 42.5 Å². The number of fused-ring (bicyclic) bond motifs is 1. The number of imidazole rings is 1. The molecule has 2 N–H and O–H groups in total. The van der Waals surface area contributed by atoms with Gasteiger partial charge in [0.2, 0.25) is 0 Å². The molecular formula is C14H9N3O. The summed E-state index contributed by atoms with van der Waals surface area (Å²) in [5.41, 5.74) is 3.11. The Hall–Kier alpha value is -2.80. The number of H-pyrrole nitrogens is 1. The molecule has 86 valence electrons. The molecule has 2 aromatic carbocycles. The van der Waals surface area contributed by atoms with Gasteiger partial charge in [0, 0.05) is 11.6 Å². The van der Waals surface area contributed by atoms with Gasteiger partial charge in [-0.2, -0.15) is 5.26 Å². The van der Waals surface area contributed by atoms with E-state index in [2.05, 4.69) is 16.0 Å². The number of aromatic amines is 1. The highest BCUT2D eigenvalue weighted by Gasteiger charge is 2.05. The second-order valence-electron chi connectivity index (χ2n) is 3.98. The van der Waals surface area contributed by atoms with Crippen molar-refractivity contribution >= 4 is 11.0 Å². The highest BCUT2D eigenvalue weighted by Crippen LogP contribution is 2.23. The van der Waals surface area contributed by atoms with Crippen molar-refractivity contribution in [2.24, 2.45) is 0 Å². The Balaban J connectivity index is 2.10. The molecule has 0 aliphatic heterocycles. The smallest absolute Gasteiger partial charge is 0.138 e. The number of rotatable bonds is 1. The van der Waals surface area contributed by atoms with E-state index >= 15 is 0 Å². The zero-order valence-electron chi connectivity index (χ0n) is 9.38. The van der Waals surface area contributed by atoms with E-state index in [0.717, 1.165) is 22.4 Å². The maximum absolute atomic E-state index is 9.39. The molecule has 0 amide bonds. The first-order valence-corrected chi connectivity index (χ1v) is 5.45. The predicted molar refractivity (Wildman–Crippen MR) is 67.9 cm³/mol. The van der Waals surface area contributed by atoms with Gasteiger partial charge >= 0.3 is 0 Å². The quantitative estimate of drug-likeness (QED) is 0.681. The largest absolute Gasteiger partial charge is 0.508 e. The van der Waals surface area contributed by atoms with Crippen molar-refractivity contribution in [3.63, 3.8) is 0 Å². The van der Waals surface area contributed by atoms with Crippen molar-refractivity contribution in [2.45, 2.75) is 0 Å². The van der Waals surface area contributed by atoms with Crippen molar-refractivity contribution < 1.29 is 5.11 Å². The van der Waals surface area contributed by atoms with E-state index in [0.29, 0.717) is 5.56 Å². The molecule has 1 heterocycles. The van der Waals surface area contributed by atoms with Gasteiger partial charge in [0.25, 0.3) is 0 Å². The Labute approximate surface area is 103 Å². The van der Waals surface area contributed by atoms with Crippen LogP contribution in [0, 0.1) is 11.3 Å². The first-order chi connectivity index (χ1) is 8.76. The lowest BCUT2D eigenvalue weighted by atomic mass is 10.1.